The number of rotatable bonds is 9. The number of carboxylic acid groups (broad SMARTS) is 1. The van der Waals surface area contributed by atoms with Gasteiger partial charge in [-0.25, -0.2) is 0 Å². The molecule has 0 atom stereocenters. The van der Waals surface area contributed by atoms with Crippen LogP contribution in [0.1, 0.15) is 47.8 Å². The summed E-state index contributed by atoms with van der Waals surface area (Å²) in [5, 5.41) is 15.2. The maximum atomic E-state index is 11.8. The Labute approximate surface area is 130 Å². The molecule has 0 radical (unpaired) electrons. The van der Waals surface area contributed by atoms with E-state index in [1.165, 1.54) is 17.2 Å². The smallest absolute Gasteiger partial charge is 0.304 e. The van der Waals surface area contributed by atoms with Gasteiger partial charge in [-0.2, -0.15) is 0 Å². The van der Waals surface area contributed by atoms with Gasteiger partial charge in [0.25, 0.3) is 5.91 Å². The molecule has 1 aromatic heterocycles. The van der Waals surface area contributed by atoms with E-state index in [1.54, 1.807) is 16.9 Å². The predicted molar refractivity (Wildman–Crippen MR) is 82.6 cm³/mol. The van der Waals surface area contributed by atoms with Crippen LogP contribution in [0.4, 0.5) is 0 Å². The molecule has 8 heteroatoms. The van der Waals surface area contributed by atoms with E-state index in [9.17, 15) is 9.59 Å². The van der Waals surface area contributed by atoms with E-state index in [4.69, 9.17) is 9.63 Å². The Morgan fingerprint density at radius 3 is 2.81 bits per heavy atom. The third-order valence-electron chi connectivity index (χ3n) is 3.23. The van der Waals surface area contributed by atoms with Crippen molar-refractivity contribution in [3.63, 3.8) is 0 Å². The first-order valence-corrected chi connectivity index (χ1v) is 9.36. The molecular weight excluding hydrogens is 312 g/mol. The summed E-state index contributed by atoms with van der Waals surface area (Å²) in [6.07, 6.45) is 3.62. The fourth-order valence-electron chi connectivity index (χ4n) is 1.83. The maximum absolute atomic E-state index is 11.8. The highest BCUT2D eigenvalue weighted by molar-refractivity contribution is 8.76. The molecule has 0 saturated heterocycles. The van der Waals surface area contributed by atoms with Crippen molar-refractivity contribution in [1.82, 2.24) is 10.5 Å². The molecule has 1 saturated carbocycles. The highest BCUT2D eigenvalue weighted by Crippen LogP contribution is 2.35. The Hall–Kier alpha value is -1.15. The molecule has 116 valence electrons. The van der Waals surface area contributed by atoms with Crippen molar-refractivity contribution in [1.29, 1.82) is 0 Å². The second-order valence-corrected chi connectivity index (χ2v) is 7.49. The first-order chi connectivity index (χ1) is 10.2. The second-order valence-electron chi connectivity index (χ2n) is 4.79. The van der Waals surface area contributed by atoms with Crippen LogP contribution in [0.25, 0.3) is 0 Å². The van der Waals surface area contributed by atoms with Crippen molar-refractivity contribution in [2.75, 3.05) is 18.1 Å². The van der Waals surface area contributed by atoms with E-state index in [1.807, 2.05) is 0 Å². The van der Waals surface area contributed by atoms with Crippen LogP contribution < -0.4 is 5.32 Å². The predicted octanol–water partition coefficient (Wildman–Crippen LogP) is 2.53. The normalized spacial score (nSPS) is 14.7. The van der Waals surface area contributed by atoms with Gasteiger partial charge in [0, 0.05) is 30.0 Å². The lowest BCUT2D eigenvalue weighted by Crippen LogP contribution is -2.25. The minimum Gasteiger partial charge on any atom is -0.481 e. The van der Waals surface area contributed by atoms with Crippen LogP contribution in [0, 0.1) is 0 Å². The Kier molecular flexibility index (Phi) is 6.44. The number of carbonyl (C=O) groups excluding carboxylic acids is 1. The number of nitrogens with one attached hydrogen (secondary N) is 1. The monoisotopic (exact) mass is 330 g/mol. The lowest BCUT2D eigenvalue weighted by Gasteiger charge is -2.22. The van der Waals surface area contributed by atoms with Crippen molar-refractivity contribution >= 4 is 33.5 Å². The summed E-state index contributed by atoms with van der Waals surface area (Å²) >= 11 is 0. The van der Waals surface area contributed by atoms with Gasteiger partial charge in [0.2, 0.25) is 5.76 Å². The largest absolute Gasteiger partial charge is 0.481 e. The lowest BCUT2D eigenvalue weighted by molar-refractivity contribution is -0.136. The zero-order valence-electron chi connectivity index (χ0n) is 11.5. The lowest BCUT2D eigenvalue weighted by atomic mass is 9.83. The Bertz CT molecular complexity index is 488. The standard InChI is InChI=1S/C13H18N2O4S2/c16-12(17)4-6-20-21-7-5-14-13(18)11-8-10(15-19-11)9-2-1-3-9/h8-9H,1-7H2,(H,14,18)(H,16,17). The van der Waals surface area contributed by atoms with E-state index < -0.39 is 5.97 Å². The van der Waals surface area contributed by atoms with Crippen LogP contribution in [0.3, 0.4) is 0 Å². The van der Waals surface area contributed by atoms with E-state index in [0.29, 0.717) is 18.2 Å². The minimum absolute atomic E-state index is 0.159. The van der Waals surface area contributed by atoms with Gasteiger partial charge in [0.05, 0.1) is 12.1 Å². The SMILES string of the molecule is O=C(O)CCSSCCNC(=O)c1cc(C2CCC2)no1. The average Bonchev–Trinajstić information content (AvgIpc) is 2.84. The quantitative estimate of drug-likeness (QED) is 0.531. The molecule has 2 N–H and O–H groups in total. The molecule has 0 aromatic carbocycles. The average molecular weight is 330 g/mol. The number of aromatic nitrogens is 1. The van der Waals surface area contributed by atoms with Crippen molar-refractivity contribution in [3.05, 3.63) is 17.5 Å². The number of hydrogen-bond acceptors (Lipinski definition) is 6. The zero-order chi connectivity index (χ0) is 15.1. The minimum atomic E-state index is -0.788. The number of carboxylic acids is 1. The summed E-state index contributed by atoms with van der Waals surface area (Å²) in [5.74, 6) is 0.977. The van der Waals surface area contributed by atoms with Crippen LogP contribution in [-0.4, -0.2) is 40.2 Å². The van der Waals surface area contributed by atoms with Gasteiger partial charge in [0.15, 0.2) is 0 Å². The van der Waals surface area contributed by atoms with Gasteiger partial charge in [-0.3, -0.25) is 9.59 Å². The van der Waals surface area contributed by atoms with E-state index in [-0.39, 0.29) is 18.1 Å². The van der Waals surface area contributed by atoms with Gasteiger partial charge in [-0.1, -0.05) is 33.2 Å². The first-order valence-electron chi connectivity index (χ1n) is 6.88. The Balaban J connectivity index is 1.58. The molecule has 21 heavy (non-hydrogen) atoms. The molecule has 0 aliphatic heterocycles. The van der Waals surface area contributed by atoms with Gasteiger partial charge in [-0.15, -0.1) is 0 Å². The van der Waals surface area contributed by atoms with Crippen molar-refractivity contribution in [2.24, 2.45) is 0 Å². The molecule has 1 heterocycles. The molecule has 1 amide bonds. The molecule has 1 fully saturated rings. The molecule has 6 nitrogen and oxygen atoms in total. The highest BCUT2D eigenvalue weighted by Gasteiger charge is 2.24. The molecule has 1 aliphatic carbocycles. The van der Waals surface area contributed by atoms with Crippen molar-refractivity contribution in [2.45, 2.75) is 31.6 Å². The summed E-state index contributed by atoms with van der Waals surface area (Å²) in [5.41, 5.74) is 0.880. The van der Waals surface area contributed by atoms with Gasteiger partial charge >= 0.3 is 5.97 Å². The molecule has 1 aliphatic rings. The third kappa shape index (κ3) is 5.28. The Morgan fingerprint density at radius 1 is 1.38 bits per heavy atom. The van der Waals surface area contributed by atoms with E-state index in [0.717, 1.165) is 24.3 Å². The Morgan fingerprint density at radius 2 is 2.14 bits per heavy atom. The summed E-state index contributed by atoms with van der Waals surface area (Å²) in [6.45, 7) is 0.517. The van der Waals surface area contributed by atoms with Crippen molar-refractivity contribution in [3.8, 4) is 0 Å². The van der Waals surface area contributed by atoms with E-state index >= 15 is 0 Å². The number of hydrogen-bond donors (Lipinski definition) is 2. The maximum Gasteiger partial charge on any atom is 0.304 e. The number of aliphatic carboxylic acids is 1. The second kappa shape index (κ2) is 8.33. The van der Waals surface area contributed by atoms with Crippen LogP contribution in [0.15, 0.2) is 10.6 Å². The fraction of sp³-hybridized carbons (Fsp3) is 0.615. The third-order valence-corrected chi connectivity index (χ3v) is 5.64. The topological polar surface area (TPSA) is 92.4 Å². The zero-order valence-corrected chi connectivity index (χ0v) is 13.2. The molecular formula is C13H18N2O4S2. The molecule has 0 unspecified atom stereocenters. The van der Waals surface area contributed by atoms with E-state index in [2.05, 4.69) is 10.5 Å². The fourth-order valence-corrected chi connectivity index (χ4v) is 3.72. The number of carbonyl (C=O) groups is 2. The van der Waals surface area contributed by atoms with Crippen LogP contribution in [-0.2, 0) is 4.79 Å². The summed E-state index contributed by atoms with van der Waals surface area (Å²) in [6, 6.07) is 1.73. The summed E-state index contributed by atoms with van der Waals surface area (Å²) < 4.78 is 5.07. The number of amides is 1. The molecule has 0 spiro atoms. The van der Waals surface area contributed by atoms with Gasteiger partial charge < -0.3 is 14.9 Å². The summed E-state index contributed by atoms with van der Waals surface area (Å²) in [7, 11) is 3.04. The number of nitrogens with zero attached hydrogens (tertiary/aromatic N) is 1. The van der Waals surface area contributed by atoms with Crippen LogP contribution >= 0.6 is 21.6 Å². The summed E-state index contributed by atoms with van der Waals surface area (Å²) in [4.78, 5) is 22.1. The molecule has 0 bridgehead atoms. The van der Waals surface area contributed by atoms with Gasteiger partial charge in [-0.05, 0) is 12.8 Å². The van der Waals surface area contributed by atoms with Crippen LogP contribution in [0.5, 0.6) is 0 Å². The van der Waals surface area contributed by atoms with Gasteiger partial charge in [0.1, 0.15) is 0 Å². The highest BCUT2D eigenvalue weighted by atomic mass is 33.1. The van der Waals surface area contributed by atoms with Crippen molar-refractivity contribution < 1.29 is 19.2 Å². The first kappa shape index (κ1) is 16.2. The molecule has 2 rings (SSSR count). The molecule has 1 aromatic rings. The van der Waals surface area contributed by atoms with Crippen LogP contribution in [0.2, 0.25) is 0 Å².